The van der Waals surface area contributed by atoms with Gasteiger partial charge in [0.25, 0.3) is 5.91 Å². The van der Waals surface area contributed by atoms with Gasteiger partial charge in [-0.2, -0.15) is 0 Å². The van der Waals surface area contributed by atoms with Gasteiger partial charge >= 0.3 is 0 Å². The number of hydrogen-bond donors (Lipinski definition) is 2. The molecule has 0 saturated carbocycles. The topological polar surface area (TPSA) is 84.5 Å². The van der Waals surface area contributed by atoms with E-state index in [1.165, 1.54) is 25.3 Å². The van der Waals surface area contributed by atoms with Crippen LogP contribution < -0.4 is 14.8 Å². The predicted octanol–water partition coefficient (Wildman–Crippen LogP) is 3.60. The molecule has 140 valence electrons. The zero-order valence-electron chi connectivity index (χ0n) is 15.0. The van der Waals surface area contributed by atoms with Crippen molar-refractivity contribution < 1.29 is 17.9 Å². The van der Waals surface area contributed by atoms with E-state index < -0.39 is 15.9 Å². The standard InChI is InChI=1S/C18H21ClN2O4S/c1-11(2)21-26(23,24)17-9-13(6-8-16(17)25-4)18(22)20-15-10-14(19)7-5-12(15)3/h5-11,21H,1-4H3,(H,20,22). The number of hydrogen-bond acceptors (Lipinski definition) is 4. The molecule has 0 aromatic heterocycles. The van der Waals surface area contributed by atoms with Gasteiger partial charge in [-0.15, -0.1) is 0 Å². The lowest BCUT2D eigenvalue weighted by molar-refractivity contribution is 0.102. The summed E-state index contributed by atoms with van der Waals surface area (Å²) in [5.41, 5.74) is 1.59. The number of carbonyl (C=O) groups excluding carboxylic acids is 1. The van der Waals surface area contributed by atoms with E-state index in [9.17, 15) is 13.2 Å². The van der Waals surface area contributed by atoms with E-state index in [2.05, 4.69) is 10.0 Å². The van der Waals surface area contributed by atoms with Crippen molar-refractivity contribution in [1.82, 2.24) is 4.72 Å². The molecule has 6 nitrogen and oxygen atoms in total. The first-order valence-electron chi connectivity index (χ1n) is 7.92. The highest BCUT2D eigenvalue weighted by atomic mass is 35.5. The number of sulfonamides is 1. The van der Waals surface area contributed by atoms with Crippen LogP contribution in [0.4, 0.5) is 5.69 Å². The second-order valence-electron chi connectivity index (χ2n) is 6.05. The largest absolute Gasteiger partial charge is 0.495 e. The predicted molar refractivity (Wildman–Crippen MR) is 103 cm³/mol. The summed E-state index contributed by atoms with van der Waals surface area (Å²) in [5, 5.41) is 3.24. The minimum absolute atomic E-state index is 0.0934. The number of nitrogens with one attached hydrogen (secondary N) is 2. The van der Waals surface area contributed by atoms with E-state index in [-0.39, 0.29) is 22.3 Å². The molecule has 0 aliphatic rings. The van der Waals surface area contributed by atoms with Crippen molar-refractivity contribution in [3.63, 3.8) is 0 Å². The van der Waals surface area contributed by atoms with Crippen LogP contribution in [0.1, 0.15) is 29.8 Å². The van der Waals surface area contributed by atoms with Gasteiger partial charge in [-0.05, 0) is 56.7 Å². The fourth-order valence-corrected chi connectivity index (χ4v) is 3.94. The molecular weight excluding hydrogens is 376 g/mol. The number of aryl methyl sites for hydroxylation is 1. The van der Waals surface area contributed by atoms with Crippen LogP contribution in [0, 0.1) is 6.92 Å². The molecule has 0 saturated heterocycles. The smallest absolute Gasteiger partial charge is 0.255 e. The van der Waals surface area contributed by atoms with E-state index in [4.69, 9.17) is 16.3 Å². The number of rotatable bonds is 6. The zero-order chi connectivity index (χ0) is 19.5. The third-order valence-electron chi connectivity index (χ3n) is 3.55. The summed E-state index contributed by atoms with van der Waals surface area (Å²) in [6.45, 7) is 5.26. The van der Waals surface area contributed by atoms with Crippen LogP contribution in [0.25, 0.3) is 0 Å². The number of amides is 1. The van der Waals surface area contributed by atoms with Crippen molar-refractivity contribution in [2.24, 2.45) is 0 Å². The number of carbonyl (C=O) groups is 1. The monoisotopic (exact) mass is 396 g/mol. The maximum absolute atomic E-state index is 12.6. The highest BCUT2D eigenvalue weighted by molar-refractivity contribution is 7.89. The van der Waals surface area contributed by atoms with Crippen LogP contribution in [-0.2, 0) is 10.0 Å². The van der Waals surface area contributed by atoms with E-state index >= 15 is 0 Å². The molecule has 2 N–H and O–H groups in total. The van der Waals surface area contributed by atoms with Gasteiger partial charge in [-0.25, -0.2) is 13.1 Å². The quantitative estimate of drug-likeness (QED) is 0.781. The molecule has 0 aliphatic carbocycles. The molecule has 0 heterocycles. The molecule has 2 rings (SSSR count). The molecule has 2 aromatic rings. The minimum Gasteiger partial charge on any atom is -0.495 e. The molecule has 26 heavy (non-hydrogen) atoms. The Labute approximate surface area is 158 Å². The molecule has 0 radical (unpaired) electrons. The third kappa shape index (κ3) is 4.75. The fourth-order valence-electron chi connectivity index (χ4n) is 2.33. The van der Waals surface area contributed by atoms with Crippen LogP contribution >= 0.6 is 11.6 Å². The van der Waals surface area contributed by atoms with Crippen molar-refractivity contribution in [3.8, 4) is 5.75 Å². The summed E-state index contributed by atoms with van der Waals surface area (Å²) in [7, 11) is -2.45. The molecule has 2 aromatic carbocycles. The van der Waals surface area contributed by atoms with Crippen molar-refractivity contribution >= 4 is 33.2 Å². The van der Waals surface area contributed by atoms with Gasteiger partial charge < -0.3 is 10.1 Å². The lowest BCUT2D eigenvalue weighted by Crippen LogP contribution is -2.30. The number of halogens is 1. The Kier molecular flexibility index (Phi) is 6.28. The summed E-state index contributed by atoms with van der Waals surface area (Å²) in [5.74, 6) is -0.285. The Morgan fingerprint density at radius 3 is 2.46 bits per heavy atom. The highest BCUT2D eigenvalue weighted by Crippen LogP contribution is 2.26. The average Bonchev–Trinajstić information content (AvgIpc) is 2.56. The van der Waals surface area contributed by atoms with E-state index in [0.29, 0.717) is 10.7 Å². The molecule has 0 bridgehead atoms. The Morgan fingerprint density at radius 1 is 1.15 bits per heavy atom. The van der Waals surface area contributed by atoms with Gasteiger partial charge in [0.2, 0.25) is 10.0 Å². The van der Waals surface area contributed by atoms with Crippen LogP contribution in [0.3, 0.4) is 0 Å². The first-order valence-corrected chi connectivity index (χ1v) is 9.78. The second kappa shape index (κ2) is 8.07. The first-order chi connectivity index (χ1) is 12.1. The molecule has 0 fully saturated rings. The number of ether oxygens (including phenoxy) is 1. The van der Waals surface area contributed by atoms with Crippen LogP contribution in [0.15, 0.2) is 41.3 Å². The number of benzene rings is 2. The van der Waals surface area contributed by atoms with Crippen LogP contribution in [-0.4, -0.2) is 27.5 Å². The Bertz CT molecular complexity index is 927. The van der Waals surface area contributed by atoms with Crippen molar-refractivity contribution in [2.45, 2.75) is 31.7 Å². The Morgan fingerprint density at radius 2 is 1.85 bits per heavy atom. The third-order valence-corrected chi connectivity index (χ3v) is 5.47. The first kappa shape index (κ1) is 20.2. The van der Waals surface area contributed by atoms with Gasteiger partial charge in [-0.1, -0.05) is 17.7 Å². The van der Waals surface area contributed by atoms with Crippen LogP contribution in [0.2, 0.25) is 5.02 Å². The van der Waals surface area contributed by atoms with Gasteiger partial charge in [-0.3, -0.25) is 4.79 Å². The summed E-state index contributed by atoms with van der Waals surface area (Å²) < 4.78 is 32.6. The van der Waals surface area contributed by atoms with E-state index in [1.54, 1.807) is 32.0 Å². The van der Waals surface area contributed by atoms with E-state index in [0.717, 1.165) is 5.56 Å². The Hall–Kier alpha value is -2.09. The summed E-state index contributed by atoms with van der Waals surface area (Å²) in [6.07, 6.45) is 0. The van der Waals surface area contributed by atoms with Crippen molar-refractivity contribution in [2.75, 3.05) is 12.4 Å². The highest BCUT2D eigenvalue weighted by Gasteiger charge is 2.22. The van der Waals surface area contributed by atoms with Crippen molar-refractivity contribution in [1.29, 1.82) is 0 Å². The lowest BCUT2D eigenvalue weighted by Gasteiger charge is -2.14. The molecule has 0 unspecified atom stereocenters. The fraction of sp³-hybridized carbons (Fsp3) is 0.278. The molecule has 8 heteroatoms. The maximum atomic E-state index is 12.6. The van der Waals surface area contributed by atoms with Crippen LogP contribution in [0.5, 0.6) is 5.75 Å². The summed E-state index contributed by atoms with van der Waals surface area (Å²) >= 11 is 5.96. The zero-order valence-corrected chi connectivity index (χ0v) is 16.5. The maximum Gasteiger partial charge on any atom is 0.255 e. The van der Waals surface area contributed by atoms with Gasteiger partial charge in [0.1, 0.15) is 10.6 Å². The summed E-state index contributed by atoms with van der Waals surface area (Å²) in [6, 6.07) is 9.10. The van der Waals surface area contributed by atoms with Gasteiger partial charge in [0.15, 0.2) is 0 Å². The lowest BCUT2D eigenvalue weighted by atomic mass is 10.1. The Balaban J connectivity index is 2.40. The van der Waals surface area contributed by atoms with E-state index in [1.807, 2.05) is 6.92 Å². The number of methoxy groups -OCH3 is 1. The second-order valence-corrected chi connectivity index (χ2v) is 8.17. The van der Waals surface area contributed by atoms with Gasteiger partial charge in [0, 0.05) is 22.3 Å². The molecular formula is C18H21ClN2O4S. The molecule has 0 atom stereocenters. The molecule has 1 amide bonds. The molecule has 0 aliphatic heterocycles. The van der Waals surface area contributed by atoms with Crippen molar-refractivity contribution in [3.05, 3.63) is 52.5 Å². The number of anilines is 1. The minimum atomic E-state index is -3.82. The normalized spacial score (nSPS) is 11.5. The van der Waals surface area contributed by atoms with Gasteiger partial charge in [0.05, 0.1) is 7.11 Å². The molecule has 0 spiro atoms. The summed E-state index contributed by atoms with van der Waals surface area (Å²) in [4.78, 5) is 12.5. The SMILES string of the molecule is COc1ccc(C(=O)Nc2cc(Cl)ccc2C)cc1S(=O)(=O)NC(C)C. The average molecular weight is 397 g/mol.